The lowest BCUT2D eigenvalue weighted by atomic mass is 9.93. The summed E-state index contributed by atoms with van der Waals surface area (Å²) in [4.78, 5) is 30.4. The number of carbonyl (C=O) groups excluding carboxylic acids is 2. The maximum absolute atomic E-state index is 15.6. The number of nitrogens with zero attached hydrogens (tertiary/aromatic N) is 3. The number of carbonyl (C=O) groups is 2. The number of rotatable bonds is 7. The Balaban J connectivity index is 1.69. The molecule has 0 saturated carbocycles. The first-order chi connectivity index (χ1) is 21.8. The number of anilines is 1. The van der Waals surface area contributed by atoms with E-state index in [1.54, 1.807) is 26.8 Å². The van der Waals surface area contributed by atoms with Gasteiger partial charge in [0.15, 0.2) is 5.82 Å². The van der Waals surface area contributed by atoms with E-state index in [0.29, 0.717) is 18.1 Å². The SMILES string of the molecule is CC(C)(C)OC(=O)N1CCC=C(c2cc(F)cc(F)c2)C1COc1cc(F)c(S(=O)(=O)N(C(=O)OC(C)(C)C)c2cscn2)cc1Cl. The van der Waals surface area contributed by atoms with Crippen molar-refractivity contribution in [1.29, 1.82) is 0 Å². The molecule has 0 spiro atoms. The van der Waals surface area contributed by atoms with Gasteiger partial charge in [-0.05, 0) is 77.3 Å². The van der Waals surface area contributed by atoms with Gasteiger partial charge in [-0.2, -0.15) is 0 Å². The molecule has 4 rings (SSSR count). The molecule has 0 bridgehead atoms. The summed E-state index contributed by atoms with van der Waals surface area (Å²) in [7, 11) is -4.95. The molecule has 2 aromatic carbocycles. The van der Waals surface area contributed by atoms with Gasteiger partial charge < -0.3 is 14.2 Å². The Bertz CT molecular complexity index is 1770. The number of aromatic nitrogens is 1. The quantitative estimate of drug-likeness (QED) is 0.243. The highest BCUT2D eigenvalue weighted by Crippen LogP contribution is 2.36. The van der Waals surface area contributed by atoms with Crippen molar-refractivity contribution in [3.05, 3.63) is 75.3 Å². The third-order valence-corrected chi connectivity index (χ3v) is 8.94. The van der Waals surface area contributed by atoms with Crippen LogP contribution < -0.4 is 9.04 Å². The molecule has 0 saturated heterocycles. The van der Waals surface area contributed by atoms with Gasteiger partial charge in [0.1, 0.15) is 45.9 Å². The minimum absolute atomic E-state index is 0.146. The Kier molecular flexibility index (Phi) is 10.5. The summed E-state index contributed by atoms with van der Waals surface area (Å²) in [6, 6.07) is 3.43. The van der Waals surface area contributed by atoms with Gasteiger partial charge in [-0.3, -0.25) is 4.90 Å². The number of ether oxygens (including phenoxy) is 3. The van der Waals surface area contributed by atoms with Gasteiger partial charge in [0.2, 0.25) is 0 Å². The third-order valence-electron chi connectivity index (χ3n) is 6.38. The van der Waals surface area contributed by atoms with Crippen LogP contribution in [0.25, 0.3) is 5.57 Å². The molecule has 0 fully saturated rings. The Labute approximate surface area is 279 Å². The molecule has 0 aliphatic carbocycles. The van der Waals surface area contributed by atoms with Crippen LogP contribution in [0.4, 0.5) is 28.6 Å². The average molecular weight is 716 g/mol. The largest absolute Gasteiger partial charge is 0.489 e. The smallest absolute Gasteiger partial charge is 0.430 e. The molecular formula is C31H33ClF3N3O7S2. The van der Waals surface area contributed by atoms with Crippen molar-refractivity contribution in [2.24, 2.45) is 0 Å². The molecule has 1 aliphatic heterocycles. The van der Waals surface area contributed by atoms with Gasteiger partial charge >= 0.3 is 12.2 Å². The number of halogens is 4. The van der Waals surface area contributed by atoms with Gasteiger partial charge in [-0.15, -0.1) is 15.6 Å². The van der Waals surface area contributed by atoms with E-state index in [1.807, 2.05) is 0 Å². The van der Waals surface area contributed by atoms with Crippen LogP contribution >= 0.6 is 22.9 Å². The number of benzene rings is 2. The van der Waals surface area contributed by atoms with Crippen molar-refractivity contribution in [3.8, 4) is 5.75 Å². The lowest BCUT2D eigenvalue weighted by Crippen LogP contribution is -2.48. The summed E-state index contributed by atoms with van der Waals surface area (Å²) in [5.41, 5.74) is -0.185. The second-order valence-corrected chi connectivity index (χ2v) is 15.3. The van der Waals surface area contributed by atoms with Gasteiger partial charge in [-0.1, -0.05) is 17.7 Å². The maximum Gasteiger partial charge on any atom is 0.430 e. The van der Waals surface area contributed by atoms with Crippen LogP contribution in [0.3, 0.4) is 0 Å². The van der Waals surface area contributed by atoms with E-state index in [4.69, 9.17) is 25.8 Å². The summed E-state index contributed by atoms with van der Waals surface area (Å²) in [5, 5.41) is 0.920. The zero-order valence-electron chi connectivity index (χ0n) is 26.3. The third kappa shape index (κ3) is 8.76. The monoisotopic (exact) mass is 715 g/mol. The number of amides is 2. The summed E-state index contributed by atoms with van der Waals surface area (Å²) in [6.45, 7) is 9.39. The molecule has 47 heavy (non-hydrogen) atoms. The lowest BCUT2D eigenvalue weighted by Gasteiger charge is -2.37. The summed E-state index contributed by atoms with van der Waals surface area (Å²) in [6.07, 6.45) is -0.00773. The molecule has 1 aromatic heterocycles. The minimum Gasteiger partial charge on any atom is -0.489 e. The van der Waals surface area contributed by atoms with Gasteiger partial charge in [-0.25, -0.2) is 36.2 Å². The Hall–Kier alpha value is -3.82. The molecule has 1 unspecified atom stereocenters. The van der Waals surface area contributed by atoms with E-state index in [9.17, 15) is 26.8 Å². The second-order valence-electron chi connectivity index (χ2n) is 12.4. The van der Waals surface area contributed by atoms with Crippen LogP contribution in [-0.4, -0.2) is 60.9 Å². The van der Waals surface area contributed by atoms with Gasteiger partial charge in [0.05, 0.1) is 16.6 Å². The fourth-order valence-corrected chi connectivity index (χ4v) is 6.79. The van der Waals surface area contributed by atoms with Gasteiger partial charge in [0.25, 0.3) is 10.0 Å². The zero-order chi connectivity index (χ0) is 34.9. The van der Waals surface area contributed by atoms with Crippen molar-refractivity contribution >= 4 is 56.5 Å². The highest BCUT2D eigenvalue weighted by molar-refractivity contribution is 7.93. The molecule has 1 aliphatic rings. The van der Waals surface area contributed by atoms with Crippen LogP contribution in [0.2, 0.25) is 5.02 Å². The highest BCUT2D eigenvalue weighted by atomic mass is 35.5. The Morgan fingerprint density at radius 1 is 1.02 bits per heavy atom. The van der Waals surface area contributed by atoms with Crippen molar-refractivity contribution in [2.45, 2.75) is 70.1 Å². The number of sulfonamides is 1. The highest BCUT2D eigenvalue weighted by Gasteiger charge is 2.39. The van der Waals surface area contributed by atoms with E-state index >= 15 is 4.39 Å². The molecule has 10 nitrogen and oxygen atoms in total. The lowest BCUT2D eigenvalue weighted by molar-refractivity contribution is 0.0162. The first-order valence-corrected chi connectivity index (χ1v) is 17.0. The molecule has 1 atom stereocenters. The molecule has 16 heteroatoms. The van der Waals surface area contributed by atoms with E-state index in [-0.39, 0.29) is 33.0 Å². The molecular weight excluding hydrogens is 683 g/mol. The van der Waals surface area contributed by atoms with E-state index < -0.39 is 68.4 Å². The number of hydrogen-bond acceptors (Lipinski definition) is 9. The molecule has 2 amide bonds. The van der Waals surface area contributed by atoms with Crippen LogP contribution in [0.15, 0.2) is 52.2 Å². The van der Waals surface area contributed by atoms with Crippen molar-refractivity contribution in [2.75, 3.05) is 17.5 Å². The van der Waals surface area contributed by atoms with Gasteiger partial charge in [0, 0.05) is 24.1 Å². The summed E-state index contributed by atoms with van der Waals surface area (Å²) >= 11 is 7.40. The normalized spacial score (nSPS) is 15.6. The average Bonchev–Trinajstić information content (AvgIpc) is 3.44. The molecule has 0 N–H and O–H groups in total. The number of thiazole rings is 1. The van der Waals surface area contributed by atoms with Crippen LogP contribution in [0.1, 0.15) is 53.5 Å². The maximum atomic E-state index is 15.6. The fraction of sp³-hybridized carbons (Fsp3) is 0.387. The zero-order valence-corrected chi connectivity index (χ0v) is 28.7. The van der Waals surface area contributed by atoms with E-state index in [1.165, 1.54) is 36.6 Å². The fourth-order valence-electron chi connectivity index (χ4n) is 4.58. The van der Waals surface area contributed by atoms with Crippen molar-refractivity contribution in [1.82, 2.24) is 9.88 Å². The topological polar surface area (TPSA) is 115 Å². The minimum atomic E-state index is -4.95. The summed E-state index contributed by atoms with van der Waals surface area (Å²) < 4.78 is 88.2. The first kappa shape index (κ1) is 36.0. The van der Waals surface area contributed by atoms with E-state index in [2.05, 4.69) is 4.98 Å². The standard InChI is InChI=1S/C31H33ClF3N3O7S2/c1-30(2,3)44-28(39)37-9-7-8-21(18-10-19(33)12-20(34)11-18)24(37)15-43-25-14-23(35)26(13-22(25)32)47(41,42)38(27-16-46-17-36-27)29(40)45-31(4,5)6/h8,10-14,16-17,24H,7,9,15H2,1-6H3. The predicted octanol–water partition coefficient (Wildman–Crippen LogP) is 7.82. The van der Waals surface area contributed by atoms with E-state index in [0.717, 1.165) is 35.6 Å². The first-order valence-electron chi connectivity index (χ1n) is 14.2. The molecule has 2 heterocycles. The predicted molar refractivity (Wildman–Crippen MR) is 171 cm³/mol. The molecule has 3 aromatic rings. The van der Waals surface area contributed by atoms with Crippen LogP contribution in [0, 0.1) is 17.5 Å². The van der Waals surface area contributed by atoms with Crippen LogP contribution in [0.5, 0.6) is 5.75 Å². The Morgan fingerprint density at radius 3 is 2.23 bits per heavy atom. The molecule has 0 radical (unpaired) electrons. The van der Waals surface area contributed by atoms with Crippen LogP contribution in [-0.2, 0) is 19.5 Å². The molecule has 254 valence electrons. The number of hydrogen-bond donors (Lipinski definition) is 0. The second kappa shape index (κ2) is 13.7. The van der Waals surface area contributed by atoms with Crippen molar-refractivity contribution in [3.63, 3.8) is 0 Å². The summed E-state index contributed by atoms with van der Waals surface area (Å²) in [5.74, 6) is -3.61. The van der Waals surface area contributed by atoms with Crippen molar-refractivity contribution < 1.29 is 45.4 Å². The Morgan fingerprint density at radius 2 is 1.66 bits per heavy atom.